The van der Waals surface area contributed by atoms with Gasteiger partial charge in [-0.1, -0.05) is 121 Å². The molecule has 0 atom stereocenters. The van der Waals surface area contributed by atoms with E-state index in [4.69, 9.17) is 13.9 Å². The Labute approximate surface area is 305 Å². The fraction of sp³-hybridized carbons (Fsp3) is 0.0204. The highest BCUT2D eigenvalue weighted by atomic mass is 16.6. The van der Waals surface area contributed by atoms with E-state index in [1.807, 2.05) is 36.4 Å². The predicted molar refractivity (Wildman–Crippen MR) is 211 cm³/mol. The molecule has 9 aromatic rings. The van der Waals surface area contributed by atoms with Gasteiger partial charge in [-0.15, -0.1) is 0 Å². The predicted octanol–water partition coefficient (Wildman–Crippen LogP) is 13.3. The van der Waals surface area contributed by atoms with Gasteiger partial charge in [0.2, 0.25) is 0 Å². The van der Waals surface area contributed by atoms with Gasteiger partial charge in [-0.3, -0.25) is 0 Å². The quantitative estimate of drug-likeness (QED) is 0.186. The van der Waals surface area contributed by atoms with Crippen LogP contribution in [0.3, 0.4) is 0 Å². The van der Waals surface area contributed by atoms with E-state index in [1.165, 1.54) is 33.4 Å². The number of ether oxygens (including phenoxy) is 2. The first-order chi connectivity index (χ1) is 26.3. The Morgan fingerprint density at radius 2 is 1.04 bits per heavy atom. The lowest BCUT2D eigenvalue weighted by molar-refractivity contribution is 0.361. The molecule has 1 aromatic heterocycles. The SMILES string of the molecule is c1ccc(N(c2ccc3c(c2)oc2ccccc23)c2cccc3c2Oc2c(ccc4c2-c2ccccc2C42c4ccccc4-c4ccccc42)O3)cc1. The van der Waals surface area contributed by atoms with Crippen LogP contribution in [0.5, 0.6) is 23.0 Å². The third-order valence-corrected chi connectivity index (χ3v) is 11.3. The highest BCUT2D eigenvalue weighted by Crippen LogP contribution is 2.66. The summed E-state index contributed by atoms with van der Waals surface area (Å²) < 4.78 is 20.4. The standard InChI is InChI=1S/C49H29NO3/c1-2-13-30(14-3-1)50(31-25-26-35-34-17-7-11-23-42(34)51-45(35)29-31)41-22-12-24-43-47(41)53-48-44(52-43)28-27-40-46(48)36-18-6-10-21-39(36)49(40)37-19-8-4-15-32(37)33-16-5-9-20-38(33)49/h1-29H. The number of hydrogen-bond donors (Lipinski definition) is 0. The van der Waals surface area contributed by atoms with Crippen molar-refractivity contribution >= 4 is 39.0 Å². The second-order valence-electron chi connectivity index (χ2n) is 14.0. The van der Waals surface area contributed by atoms with Crippen molar-refractivity contribution in [3.63, 3.8) is 0 Å². The fourth-order valence-electron chi connectivity index (χ4n) is 9.26. The van der Waals surface area contributed by atoms with E-state index in [0.717, 1.165) is 55.9 Å². The van der Waals surface area contributed by atoms with Crippen molar-refractivity contribution in [2.24, 2.45) is 0 Å². The number of fused-ring (bicyclic) bond motifs is 16. The van der Waals surface area contributed by atoms with Crippen molar-refractivity contribution < 1.29 is 13.9 Å². The van der Waals surface area contributed by atoms with Gasteiger partial charge >= 0.3 is 0 Å². The molecular formula is C49H29NO3. The molecule has 1 spiro atoms. The van der Waals surface area contributed by atoms with E-state index in [0.29, 0.717) is 17.2 Å². The van der Waals surface area contributed by atoms with E-state index in [9.17, 15) is 0 Å². The Hall–Kier alpha value is -7.04. The van der Waals surface area contributed by atoms with E-state index < -0.39 is 5.41 Å². The molecule has 0 N–H and O–H groups in total. The Kier molecular flexibility index (Phi) is 5.67. The first-order valence-electron chi connectivity index (χ1n) is 18.0. The highest BCUT2D eigenvalue weighted by Gasteiger charge is 2.53. The van der Waals surface area contributed by atoms with E-state index in [2.05, 4.69) is 144 Å². The number of furan rings is 1. The molecule has 12 rings (SSSR count). The lowest BCUT2D eigenvalue weighted by Crippen LogP contribution is -2.25. The Bertz CT molecular complexity index is 2930. The van der Waals surface area contributed by atoms with Crippen LogP contribution in [0.15, 0.2) is 180 Å². The minimum absolute atomic E-state index is 0.477. The maximum atomic E-state index is 7.26. The van der Waals surface area contributed by atoms with Crippen LogP contribution < -0.4 is 14.4 Å². The van der Waals surface area contributed by atoms with E-state index >= 15 is 0 Å². The number of para-hydroxylation sites is 3. The number of rotatable bonds is 3. The van der Waals surface area contributed by atoms with Crippen molar-refractivity contribution in [1.29, 1.82) is 0 Å². The number of anilines is 3. The first-order valence-corrected chi connectivity index (χ1v) is 18.0. The fourth-order valence-corrected chi connectivity index (χ4v) is 9.26. The molecule has 0 saturated heterocycles. The summed E-state index contributed by atoms with van der Waals surface area (Å²) in [5.41, 5.74) is 13.8. The summed E-state index contributed by atoms with van der Waals surface area (Å²) in [6.07, 6.45) is 0. The normalized spacial score (nSPS) is 13.7. The molecule has 8 aromatic carbocycles. The van der Waals surface area contributed by atoms with Crippen molar-refractivity contribution in [3.8, 4) is 45.3 Å². The molecule has 0 fully saturated rings. The molecule has 1 aliphatic heterocycles. The van der Waals surface area contributed by atoms with Gasteiger partial charge in [0.1, 0.15) is 11.2 Å². The van der Waals surface area contributed by atoms with Gasteiger partial charge in [-0.2, -0.15) is 0 Å². The number of hydrogen-bond acceptors (Lipinski definition) is 4. The third-order valence-electron chi connectivity index (χ3n) is 11.3. The molecule has 4 nitrogen and oxygen atoms in total. The molecule has 2 heterocycles. The van der Waals surface area contributed by atoms with Gasteiger partial charge in [0.15, 0.2) is 23.0 Å². The summed E-state index contributed by atoms with van der Waals surface area (Å²) in [4.78, 5) is 2.22. The van der Waals surface area contributed by atoms with Crippen LogP contribution in [0.2, 0.25) is 0 Å². The lowest BCUT2D eigenvalue weighted by atomic mass is 9.70. The summed E-state index contributed by atoms with van der Waals surface area (Å²) >= 11 is 0. The lowest BCUT2D eigenvalue weighted by Gasteiger charge is -2.32. The molecule has 2 aliphatic carbocycles. The molecule has 4 heteroatoms. The second-order valence-corrected chi connectivity index (χ2v) is 14.0. The van der Waals surface area contributed by atoms with Gasteiger partial charge in [0.05, 0.1) is 16.8 Å². The van der Waals surface area contributed by atoms with Crippen LogP contribution in [-0.2, 0) is 5.41 Å². The average Bonchev–Trinajstić information content (AvgIpc) is 3.85. The zero-order valence-corrected chi connectivity index (χ0v) is 28.4. The molecule has 3 aliphatic rings. The minimum Gasteiger partial charge on any atom is -0.456 e. The Balaban J connectivity index is 1.07. The van der Waals surface area contributed by atoms with Crippen molar-refractivity contribution in [1.82, 2.24) is 0 Å². The molecule has 0 unspecified atom stereocenters. The van der Waals surface area contributed by atoms with E-state index in [-0.39, 0.29) is 0 Å². The maximum absolute atomic E-state index is 7.26. The van der Waals surface area contributed by atoms with Crippen LogP contribution in [0.1, 0.15) is 22.3 Å². The molecule has 53 heavy (non-hydrogen) atoms. The minimum atomic E-state index is -0.477. The average molecular weight is 680 g/mol. The zero-order chi connectivity index (χ0) is 34.7. The van der Waals surface area contributed by atoms with Crippen molar-refractivity contribution in [2.75, 3.05) is 4.90 Å². The Morgan fingerprint density at radius 1 is 0.396 bits per heavy atom. The molecule has 248 valence electrons. The smallest absolute Gasteiger partial charge is 0.194 e. The van der Waals surface area contributed by atoms with Crippen LogP contribution in [0.4, 0.5) is 17.1 Å². The third kappa shape index (κ3) is 3.74. The van der Waals surface area contributed by atoms with Crippen molar-refractivity contribution in [3.05, 3.63) is 198 Å². The molecule has 0 bridgehead atoms. The van der Waals surface area contributed by atoms with Crippen LogP contribution in [0, 0.1) is 0 Å². The van der Waals surface area contributed by atoms with Gasteiger partial charge in [0, 0.05) is 28.1 Å². The molecule has 0 radical (unpaired) electrons. The highest BCUT2D eigenvalue weighted by molar-refractivity contribution is 6.06. The second kappa shape index (κ2) is 10.5. The topological polar surface area (TPSA) is 34.8 Å². The Morgan fingerprint density at radius 3 is 1.83 bits per heavy atom. The maximum Gasteiger partial charge on any atom is 0.194 e. The van der Waals surface area contributed by atoms with Gasteiger partial charge in [-0.05, 0) is 87.5 Å². The number of benzene rings is 8. The molecule has 0 amide bonds. The summed E-state index contributed by atoms with van der Waals surface area (Å²) in [6, 6.07) is 62.0. The monoisotopic (exact) mass is 679 g/mol. The first kappa shape index (κ1) is 28.6. The zero-order valence-electron chi connectivity index (χ0n) is 28.4. The van der Waals surface area contributed by atoms with Gasteiger partial charge < -0.3 is 18.8 Å². The number of nitrogens with zero attached hydrogens (tertiary/aromatic N) is 1. The van der Waals surface area contributed by atoms with Gasteiger partial charge in [-0.25, -0.2) is 0 Å². The van der Waals surface area contributed by atoms with E-state index in [1.54, 1.807) is 0 Å². The summed E-state index contributed by atoms with van der Waals surface area (Å²) in [7, 11) is 0. The molecule has 0 saturated carbocycles. The van der Waals surface area contributed by atoms with Crippen molar-refractivity contribution in [2.45, 2.75) is 5.41 Å². The van der Waals surface area contributed by atoms with Gasteiger partial charge in [0.25, 0.3) is 0 Å². The largest absolute Gasteiger partial charge is 0.456 e. The van der Waals surface area contributed by atoms with Crippen LogP contribution in [-0.4, -0.2) is 0 Å². The summed E-state index contributed by atoms with van der Waals surface area (Å²) in [5, 5.41) is 2.18. The molecular weight excluding hydrogens is 651 g/mol. The van der Waals surface area contributed by atoms with Crippen LogP contribution in [0.25, 0.3) is 44.2 Å². The summed E-state index contributed by atoms with van der Waals surface area (Å²) in [6.45, 7) is 0. The van der Waals surface area contributed by atoms with Crippen LogP contribution >= 0.6 is 0 Å². The summed E-state index contributed by atoms with van der Waals surface area (Å²) in [5.74, 6) is 2.76.